The van der Waals surface area contributed by atoms with Crippen molar-refractivity contribution in [2.75, 3.05) is 5.32 Å². The van der Waals surface area contributed by atoms with Gasteiger partial charge in [0.05, 0.1) is 0 Å². The number of rotatable bonds is 7. The number of benzene rings is 1. The molecule has 1 aromatic carbocycles. The molecule has 1 aromatic heterocycles. The first-order valence-electron chi connectivity index (χ1n) is 8.75. The van der Waals surface area contributed by atoms with Gasteiger partial charge in [-0.2, -0.15) is 0 Å². The predicted octanol–water partition coefficient (Wildman–Crippen LogP) is 2.88. The molecule has 138 valence electrons. The van der Waals surface area contributed by atoms with Crippen LogP contribution in [0, 0.1) is 5.92 Å². The molecule has 3 amide bonds. The lowest BCUT2D eigenvalue weighted by atomic mass is 10.0. The SMILES string of the molecule is CC(C)C(NC(=O)NCc1ccccc1)C(=O)Nc1nnc(C2CC2)s1. The molecule has 0 spiro atoms. The van der Waals surface area contributed by atoms with Crippen molar-refractivity contribution in [3.05, 3.63) is 40.9 Å². The summed E-state index contributed by atoms with van der Waals surface area (Å²) in [6, 6.07) is 8.58. The van der Waals surface area contributed by atoms with Crippen molar-refractivity contribution in [2.24, 2.45) is 5.92 Å². The lowest BCUT2D eigenvalue weighted by Gasteiger charge is -2.21. The zero-order chi connectivity index (χ0) is 18.5. The Hall–Kier alpha value is -2.48. The minimum Gasteiger partial charge on any atom is -0.334 e. The quantitative estimate of drug-likeness (QED) is 0.695. The van der Waals surface area contributed by atoms with Gasteiger partial charge >= 0.3 is 6.03 Å². The van der Waals surface area contributed by atoms with E-state index in [9.17, 15) is 9.59 Å². The Balaban J connectivity index is 1.53. The molecule has 7 nitrogen and oxygen atoms in total. The topological polar surface area (TPSA) is 96.0 Å². The first-order chi connectivity index (χ1) is 12.5. The van der Waals surface area contributed by atoms with E-state index in [0.29, 0.717) is 17.6 Å². The highest BCUT2D eigenvalue weighted by Crippen LogP contribution is 2.42. The molecule has 1 saturated carbocycles. The van der Waals surface area contributed by atoms with Crippen LogP contribution in [-0.4, -0.2) is 28.2 Å². The van der Waals surface area contributed by atoms with Crippen LogP contribution in [0.25, 0.3) is 0 Å². The number of nitrogens with zero attached hydrogens (tertiary/aromatic N) is 2. The Morgan fingerprint density at radius 1 is 1.19 bits per heavy atom. The summed E-state index contributed by atoms with van der Waals surface area (Å²) in [4.78, 5) is 24.7. The summed E-state index contributed by atoms with van der Waals surface area (Å²) in [5.74, 6) is 0.155. The van der Waals surface area contributed by atoms with Crippen molar-refractivity contribution in [3.63, 3.8) is 0 Å². The number of amides is 3. The molecule has 0 saturated heterocycles. The normalized spacial score (nSPS) is 14.7. The van der Waals surface area contributed by atoms with Gasteiger partial charge in [-0.25, -0.2) is 4.79 Å². The molecule has 1 aliphatic rings. The van der Waals surface area contributed by atoms with Crippen LogP contribution in [0.3, 0.4) is 0 Å². The maximum atomic E-state index is 12.5. The van der Waals surface area contributed by atoms with Gasteiger partial charge in [0.25, 0.3) is 0 Å². The number of nitrogens with one attached hydrogen (secondary N) is 3. The first kappa shape index (κ1) is 18.3. The average molecular weight is 373 g/mol. The second kappa shape index (κ2) is 8.27. The molecule has 0 bridgehead atoms. The third kappa shape index (κ3) is 5.01. The third-order valence-corrected chi connectivity index (χ3v) is 5.13. The Morgan fingerprint density at radius 2 is 1.92 bits per heavy atom. The monoisotopic (exact) mass is 373 g/mol. The maximum Gasteiger partial charge on any atom is 0.315 e. The molecule has 2 aromatic rings. The van der Waals surface area contributed by atoms with Crippen LogP contribution in [0.4, 0.5) is 9.93 Å². The molecule has 3 rings (SSSR count). The molecule has 26 heavy (non-hydrogen) atoms. The number of anilines is 1. The van der Waals surface area contributed by atoms with E-state index in [-0.39, 0.29) is 17.9 Å². The molecular formula is C18H23N5O2S. The van der Waals surface area contributed by atoms with Crippen molar-refractivity contribution >= 4 is 28.4 Å². The lowest BCUT2D eigenvalue weighted by molar-refractivity contribution is -0.118. The smallest absolute Gasteiger partial charge is 0.315 e. The van der Waals surface area contributed by atoms with Gasteiger partial charge in [-0.05, 0) is 24.3 Å². The van der Waals surface area contributed by atoms with Crippen LogP contribution in [0.15, 0.2) is 30.3 Å². The van der Waals surface area contributed by atoms with Gasteiger partial charge in [0.15, 0.2) is 0 Å². The molecule has 1 heterocycles. The standard InChI is InChI=1S/C18H23N5O2S/c1-11(2)14(20-17(25)19-10-12-6-4-3-5-7-12)15(24)21-18-23-22-16(26-18)13-8-9-13/h3-7,11,13-14H,8-10H2,1-2H3,(H2,19,20,25)(H,21,23,24). The Bertz CT molecular complexity index is 758. The number of urea groups is 1. The summed E-state index contributed by atoms with van der Waals surface area (Å²) < 4.78 is 0. The minimum absolute atomic E-state index is 0.0618. The van der Waals surface area contributed by atoms with E-state index in [1.807, 2.05) is 44.2 Å². The molecule has 1 aliphatic carbocycles. The van der Waals surface area contributed by atoms with Gasteiger partial charge in [0.1, 0.15) is 11.0 Å². The van der Waals surface area contributed by atoms with Crippen LogP contribution in [0.5, 0.6) is 0 Å². The van der Waals surface area contributed by atoms with E-state index in [1.165, 1.54) is 11.3 Å². The number of carbonyl (C=O) groups excluding carboxylic acids is 2. The van der Waals surface area contributed by atoms with Crippen LogP contribution in [0.2, 0.25) is 0 Å². The van der Waals surface area contributed by atoms with E-state index in [4.69, 9.17) is 0 Å². The van der Waals surface area contributed by atoms with E-state index >= 15 is 0 Å². The van der Waals surface area contributed by atoms with E-state index < -0.39 is 6.04 Å². The Morgan fingerprint density at radius 3 is 2.58 bits per heavy atom. The fourth-order valence-electron chi connectivity index (χ4n) is 2.47. The first-order valence-corrected chi connectivity index (χ1v) is 9.57. The van der Waals surface area contributed by atoms with Crippen LogP contribution >= 0.6 is 11.3 Å². The largest absolute Gasteiger partial charge is 0.334 e. The molecule has 0 radical (unpaired) electrons. The second-order valence-corrected chi connectivity index (χ2v) is 7.75. The lowest BCUT2D eigenvalue weighted by Crippen LogP contribution is -2.50. The molecule has 1 fully saturated rings. The summed E-state index contributed by atoms with van der Waals surface area (Å²) in [6.07, 6.45) is 2.28. The zero-order valence-electron chi connectivity index (χ0n) is 14.9. The molecule has 1 atom stereocenters. The summed E-state index contributed by atoms with van der Waals surface area (Å²) in [7, 11) is 0. The number of hydrogen-bond acceptors (Lipinski definition) is 5. The highest BCUT2D eigenvalue weighted by Gasteiger charge is 2.29. The van der Waals surface area contributed by atoms with Gasteiger partial charge in [0, 0.05) is 12.5 Å². The second-order valence-electron chi connectivity index (χ2n) is 6.74. The maximum absolute atomic E-state index is 12.5. The van der Waals surface area contributed by atoms with Gasteiger partial charge in [0.2, 0.25) is 11.0 Å². The van der Waals surface area contributed by atoms with Gasteiger partial charge in [-0.15, -0.1) is 10.2 Å². The number of carbonyl (C=O) groups is 2. The fourth-order valence-corrected chi connectivity index (χ4v) is 3.38. The molecular weight excluding hydrogens is 350 g/mol. The van der Waals surface area contributed by atoms with Gasteiger partial charge in [-0.3, -0.25) is 10.1 Å². The van der Waals surface area contributed by atoms with E-state index in [0.717, 1.165) is 23.4 Å². The summed E-state index contributed by atoms with van der Waals surface area (Å²) in [5, 5.41) is 17.9. The highest BCUT2D eigenvalue weighted by molar-refractivity contribution is 7.15. The van der Waals surface area contributed by atoms with Crippen LogP contribution in [0.1, 0.15) is 43.2 Å². The molecule has 3 N–H and O–H groups in total. The fraction of sp³-hybridized carbons (Fsp3) is 0.444. The average Bonchev–Trinajstić information content (AvgIpc) is 3.38. The van der Waals surface area contributed by atoms with E-state index in [2.05, 4.69) is 26.1 Å². The van der Waals surface area contributed by atoms with Crippen molar-refractivity contribution in [1.29, 1.82) is 0 Å². The van der Waals surface area contributed by atoms with Crippen molar-refractivity contribution < 1.29 is 9.59 Å². The third-order valence-electron chi connectivity index (χ3n) is 4.13. The molecule has 1 unspecified atom stereocenters. The van der Waals surface area contributed by atoms with Crippen molar-refractivity contribution in [1.82, 2.24) is 20.8 Å². The molecule has 8 heteroatoms. The molecule has 0 aliphatic heterocycles. The predicted molar refractivity (Wildman–Crippen MR) is 101 cm³/mol. The van der Waals surface area contributed by atoms with Crippen molar-refractivity contribution in [3.8, 4) is 0 Å². The summed E-state index contributed by atoms with van der Waals surface area (Å²) >= 11 is 1.40. The number of aromatic nitrogens is 2. The number of hydrogen-bond donors (Lipinski definition) is 3. The zero-order valence-corrected chi connectivity index (χ0v) is 15.7. The van der Waals surface area contributed by atoms with Gasteiger partial charge < -0.3 is 10.6 Å². The highest BCUT2D eigenvalue weighted by atomic mass is 32.1. The van der Waals surface area contributed by atoms with Crippen LogP contribution in [-0.2, 0) is 11.3 Å². The van der Waals surface area contributed by atoms with Crippen molar-refractivity contribution in [2.45, 2.75) is 45.2 Å². The van der Waals surface area contributed by atoms with Gasteiger partial charge in [-0.1, -0.05) is 55.5 Å². The summed E-state index contributed by atoms with van der Waals surface area (Å²) in [6.45, 7) is 4.18. The Labute approximate surface area is 156 Å². The summed E-state index contributed by atoms with van der Waals surface area (Å²) in [5.41, 5.74) is 0.995. The Kier molecular flexibility index (Phi) is 5.82. The van der Waals surface area contributed by atoms with Crippen LogP contribution < -0.4 is 16.0 Å². The minimum atomic E-state index is -0.654. The van der Waals surface area contributed by atoms with E-state index in [1.54, 1.807) is 0 Å².